The number of nitrogens with one attached hydrogen (secondary N) is 1. The zero-order valence-electron chi connectivity index (χ0n) is 10.5. The maximum Gasteiger partial charge on any atom is 0.332 e. The molecule has 0 amide bonds. The second kappa shape index (κ2) is 6.70. The highest BCUT2D eigenvalue weighted by molar-refractivity contribution is 5.60. The predicted octanol–water partition coefficient (Wildman–Crippen LogP) is 1.11. The summed E-state index contributed by atoms with van der Waals surface area (Å²) in [7, 11) is 0. The Morgan fingerprint density at radius 3 is 2.83 bits per heavy atom. The van der Waals surface area contributed by atoms with Gasteiger partial charge in [0.2, 0.25) is 11.8 Å². The molecule has 0 aliphatic rings. The van der Waals surface area contributed by atoms with Gasteiger partial charge in [0.1, 0.15) is 5.69 Å². The number of nitro groups is 1. The van der Waals surface area contributed by atoms with E-state index in [0.717, 1.165) is 6.42 Å². The maximum atomic E-state index is 10.9. The van der Waals surface area contributed by atoms with E-state index >= 15 is 0 Å². The number of anilines is 2. The van der Waals surface area contributed by atoms with Crippen molar-refractivity contribution in [2.75, 3.05) is 30.8 Å². The molecule has 8 heteroatoms. The van der Waals surface area contributed by atoms with Gasteiger partial charge in [0.25, 0.3) is 0 Å². The van der Waals surface area contributed by atoms with Crippen LogP contribution in [-0.2, 0) is 4.74 Å². The van der Waals surface area contributed by atoms with Crippen LogP contribution in [0, 0.1) is 17.0 Å². The van der Waals surface area contributed by atoms with E-state index in [2.05, 4.69) is 15.3 Å². The molecule has 3 N–H and O–H groups in total. The molecule has 0 saturated carbocycles. The number of rotatable bonds is 7. The monoisotopic (exact) mass is 255 g/mol. The molecule has 0 bridgehead atoms. The van der Waals surface area contributed by atoms with Crippen molar-refractivity contribution in [3.05, 3.63) is 15.8 Å². The van der Waals surface area contributed by atoms with Crippen LogP contribution < -0.4 is 11.1 Å². The Balaban J connectivity index is 2.71. The number of aryl methyl sites for hydroxylation is 1. The van der Waals surface area contributed by atoms with Crippen LogP contribution in [-0.4, -0.2) is 34.6 Å². The number of nitrogens with zero attached hydrogens (tertiary/aromatic N) is 3. The van der Waals surface area contributed by atoms with Gasteiger partial charge in [0.05, 0.1) is 4.92 Å². The van der Waals surface area contributed by atoms with E-state index < -0.39 is 4.92 Å². The molecular formula is C10H17N5O3. The van der Waals surface area contributed by atoms with Gasteiger partial charge in [-0.1, -0.05) is 0 Å². The minimum Gasteiger partial charge on any atom is -0.382 e. The highest BCUT2D eigenvalue weighted by Gasteiger charge is 2.20. The van der Waals surface area contributed by atoms with Crippen LogP contribution in [0.3, 0.4) is 0 Å². The van der Waals surface area contributed by atoms with E-state index in [-0.39, 0.29) is 23.1 Å². The first-order valence-electron chi connectivity index (χ1n) is 5.66. The Morgan fingerprint density at radius 2 is 2.22 bits per heavy atom. The highest BCUT2D eigenvalue weighted by atomic mass is 16.6. The number of hydrogen-bond acceptors (Lipinski definition) is 7. The van der Waals surface area contributed by atoms with Gasteiger partial charge in [-0.2, -0.15) is 4.98 Å². The van der Waals surface area contributed by atoms with Crippen molar-refractivity contribution in [2.45, 2.75) is 20.3 Å². The Morgan fingerprint density at radius 1 is 1.50 bits per heavy atom. The summed E-state index contributed by atoms with van der Waals surface area (Å²) < 4.78 is 5.17. The summed E-state index contributed by atoms with van der Waals surface area (Å²) in [5.41, 5.74) is 5.58. The third kappa shape index (κ3) is 3.81. The van der Waals surface area contributed by atoms with Gasteiger partial charge in [-0.15, -0.1) is 0 Å². The van der Waals surface area contributed by atoms with Crippen LogP contribution >= 0.6 is 0 Å². The molecule has 1 heterocycles. The van der Waals surface area contributed by atoms with Crippen LogP contribution in [0.25, 0.3) is 0 Å². The number of aromatic nitrogens is 2. The van der Waals surface area contributed by atoms with Crippen LogP contribution in [0.15, 0.2) is 0 Å². The van der Waals surface area contributed by atoms with E-state index in [9.17, 15) is 10.1 Å². The molecule has 100 valence electrons. The molecule has 0 saturated heterocycles. The topological polar surface area (TPSA) is 116 Å². The Kier molecular flexibility index (Phi) is 5.25. The smallest absolute Gasteiger partial charge is 0.332 e. The molecule has 0 atom stereocenters. The summed E-state index contributed by atoms with van der Waals surface area (Å²) >= 11 is 0. The first-order chi connectivity index (χ1) is 8.56. The number of ether oxygens (including phenoxy) is 1. The molecule has 0 aromatic carbocycles. The third-order valence-electron chi connectivity index (χ3n) is 2.22. The fourth-order valence-electron chi connectivity index (χ4n) is 1.46. The van der Waals surface area contributed by atoms with Gasteiger partial charge in [-0.3, -0.25) is 10.1 Å². The molecule has 0 spiro atoms. The van der Waals surface area contributed by atoms with Gasteiger partial charge in [0, 0.05) is 19.8 Å². The normalized spacial score (nSPS) is 10.3. The molecule has 1 rings (SSSR count). The van der Waals surface area contributed by atoms with Crippen LogP contribution in [0.4, 0.5) is 17.5 Å². The molecule has 0 radical (unpaired) electrons. The molecule has 1 aromatic rings. The SMILES string of the molecule is CCOCCCNc1nc(N)nc(C)c1[N+](=O)[O-]. The van der Waals surface area contributed by atoms with E-state index in [1.165, 1.54) is 6.92 Å². The molecule has 0 aliphatic carbocycles. The van der Waals surface area contributed by atoms with Crippen molar-refractivity contribution in [3.63, 3.8) is 0 Å². The lowest BCUT2D eigenvalue weighted by atomic mass is 10.3. The lowest BCUT2D eigenvalue weighted by molar-refractivity contribution is -0.385. The summed E-state index contributed by atoms with van der Waals surface area (Å²) in [6.07, 6.45) is 0.730. The van der Waals surface area contributed by atoms with Gasteiger partial charge < -0.3 is 15.8 Å². The predicted molar refractivity (Wildman–Crippen MR) is 67.4 cm³/mol. The van der Waals surface area contributed by atoms with Crippen LogP contribution in [0.2, 0.25) is 0 Å². The second-order valence-electron chi connectivity index (χ2n) is 3.60. The molecular weight excluding hydrogens is 238 g/mol. The second-order valence-corrected chi connectivity index (χ2v) is 3.60. The summed E-state index contributed by atoms with van der Waals surface area (Å²) in [5.74, 6) is 0.173. The van der Waals surface area contributed by atoms with Gasteiger partial charge in [0.15, 0.2) is 0 Å². The average molecular weight is 255 g/mol. The Bertz CT molecular complexity index is 424. The zero-order valence-corrected chi connectivity index (χ0v) is 10.5. The maximum absolute atomic E-state index is 10.9. The number of hydrogen-bond donors (Lipinski definition) is 2. The fourth-order valence-corrected chi connectivity index (χ4v) is 1.46. The van der Waals surface area contributed by atoms with Gasteiger partial charge in [-0.25, -0.2) is 4.98 Å². The van der Waals surface area contributed by atoms with E-state index in [1.54, 1.807) is 0 Å². The van der Waals surface area contributed by atoms with Gasteiger partial charge >= 0.3 is 5.69 Å². The quantitative estimate of drug-likeness (QED) is 0.426. The molecule has 8 nitrogen and oxygen atoms in total. The number of nitrogen functional groups attached to an aromatic ring is 1. The minimum absolute atomic E-state index is 0.0189. The van der Waals surface area contributed by atoms with E-state index in [0.29, 0.717) is 19.8 Å². The van der Waals surface area contributed by atoms with Crippen molar-refractivity contribution in [3.8, 4) is 0 Å². The molecule has 0 aliphatic heterocycles. The third-order valence-corrected chi connectivity index (χ3v) is 2.22. The summed E-state index contributed by atoms with van der Waals surface area (Å²) in [5, 5.41) is 13.8. The molecule has 0 unspecified atom stereocenters. The van der Waals surface area contributed by atoms with Crippen LogP contribution in [0.1, 0.15) is 19.0 Å². The van der Waals surface area contributed by atoms with Crippen molar-refractivity contribution in [2.24, 2.45) is 0 Å². The van der Waals surface area contributed by atoms with Crippen LogP contribution in [0.5, 0.6) is 0 Å². The standard InChI is InChI=1S/C10H17N5O3/c1-3-18-6-4-5-12-9-8(15(16)17)7(2)13-10(11)14-9/h3-6H2,1-2H3,(H3,11,12,13,14). The number of nitrogens with two attached hydrogens (primary N) is 1. The fraction of sp³-hybridized carbons (Fsp3) is 0.600. The van der Waals surface area contributed by atoms with Crippen molar-refractivity contribution >= 4 is 17.5 Å². The Hall–Kier alpha value is -1.96. The van der Waals surface area contributed by atoms with Crippen molar-refractivity contribution in [1.82, 2.24) is 9.97 Å². The minimum atomic E-state index is -0.514. The van der Waals surface area contributed by atoms with E-state index in [4.69, 9.17) is 10.5 Å². The zero-order chi connectivity index (χ0) is 13.5. The van der Waals surface area contributed by atoms with E-state index in [1.807, 2.05) is 6.92 Å². The largest absolute Gasteiger partial charge is 0.382 e. The molecule has 1 aromatic heterocycles. The Labute approximate surface area is 105 Å². The molecule has 0 fully saturated rings. The lowest BCUT2D eigenvalue weighted by Crippen LogP contribution is -2.12. The lowest BCUT2D eigenvalue weighted by Gasteiger charge is -2.08. The van der Waals surface area contributed by atoms with Crippen molar-refractivity contribution in [1.29, 1.82) is 0 Å². The highest BCUT2D eigenvalue weighted by Crippen LogP contribution is 2.25. The summed E-state index contributed by atoms with van der Waals surface area (Å²) in [6, 6.07) is 0. The first-order valence-corrected chi connectivity index (χ1v) is 5.66. The van der Waals surface area contributed by atoms with Gasteiger partial charge in [-0.05, 0) is 20.3 Å². The van der Waals surface area contributed by atoms with Crippen molar-refractivity contribution < 1.29 is 9.66 Å². The summed E-state index contributed by atoms with van der Waals surface area (Å²) in [4.78, 5) is 18.0. The first kappa shape index (κ1) is 14.1. The summed E-state index contributed by atoms with van der Waals surface area (Å²) in [6.45, 7) is 5.21. The molecule has 18 heavy (non-hydrogen) atoms. The average Bonchev–Trinajstić information content (AvgIpc) is 2.27.